The van der Waals surface area contributed by atoms with E-state index in [2.05, 4.69) is 34.4 Å². The van der Waals surface area contributed by atoms with Crippen LogP contribution in [0.1, 0.15) is 13.3 Å². The highest BCUT2D eigenvalue weighted by atomic mass is 127. The van der Waals surface area contributed by atoms with E-state index in [0.29, 0.717) is 24.2 Å². The summed E-state index contributed by atoms with van der Waals surface area (Å²) in [5.74, 6) is 0.430. The minimum atomic E-state index is -0.306. The van der Waals surface area contributed by atoms with Gasteiger partial charge in [0.05, 0.1) is 4.92 Å². The predicted octanol–water partition coefficient (Wildman–Crippen LogP) is 2.37. The topological polar surface area (TPSA) is 72.4 Å². The summed E-state index contributed by atoms with van der Waals surface area (Å²) in [6.45, 7) is 3.54. The zero-order valence-electron chi connectivity index (χ0n) is 10.2. The first-order chi connectivity index (χ1) is 8.52. The summed E-state index contributed by atoms with van der Waals surface area (Å²) in [4.78, 5) is 12.9. The number of benzene rings is 1. The SMILES string of the molecule is CC1CC(CN)CN1c1ccc(I)cc1[N+](=O)[O-]. The van der Waals surface area contributed by atoms with Gasteiger partial charge in [0.25, 0.3) is 5.69 Å². The zero-order valence-corrected chi connectivity index (χ0v) is 12.3. The minimum absolute atomic E-state index is 0.187. The third-order valence-electron chi connectivity index (χ3n) is 3.44. The van der Waals surface area contributed by atoms with Gasteiger partial charge in [-0.25, -0.2) is 0 Å². The summed E-state index contributed by atoms with van der Waals surface area (Å²) in [7, 11) is 0. The molecule has 0 radical (unpaired) electrons. The van der Waals surface area contributed by atoms with Crippen molar-refractivity contribution in [1.29, 1.82) is 0 Å². The first-order valence-electron chi connectivity index (χ1n) is 5.93. The molecule has 0 saturated carbocycles. The summed E-state index contributed by atoms with van der Waals surface area (Å²) >= 11 is 2.09. The van der Waals surface area contributed by atoms with Crippen LogP contribution in [0.5, 0.6) is 0 Å². The second-order valence-electron chi connectivity index (χ2n) is 4.73. The highest BCUT2D eigenvalue weighted by molar-refractivity contribution is 14.1. The number of hydrogen-bond acceptors (Lipinski definition) is 4. The Labute approximate surface area is 120 Å². The molecule has 1 aliphatic heterocycles. The fraction of sp³-hybridized carbons (Fsp3) is 0.500. The lowest BCUT2D eigenvalue weighted by Gasteiger charge is -2.23. The van der Waals surface area contributed by atoms with Crippen molar-refractivity contribution in [3.63, 3.8) is 0 Å². The minimum Gasteiger partial charge on any atom is -0.363 e. The Morgan fingerprint density at radius 3 is 2.89 bits per heavy atom. The van der Waals surface area contributed by atoms with Crippen LogP contribution in [-0.4, -0.2) is 24.1 Å². The molecule has 98 valence electrons. The van der Waals surface area contributed by atoms with Gasteiger partial charge < -0.3 is 10.6 Å². The van der Waals surface area contributed by atoms with Crippen LogP contribution < -0.4 is 10.6 Å². The molecule has 1 fully saturated rings. The van der Waals surface area contributed by atoms with Crippen LogP contribution in [0.15, 0.2) is 18.2 Å². The van der Waals surface area contributed by atoms with Gasteiger partial charge in [0.2, 0.25) is 0 Å². The zero-order chi connectivity index (χ0) is 13.3. The van der Waals surface area contributed by atoms with E-state index < -0.39 is 0 Å². The molecule has 2 atom stereocenters. The van der Waals surface area contributed by atoms with Crippen molar-refractivity contribution in [2.75, 3.05) is 18.0 Å². The van der Waals surface area contributed by atoms with E-state index in [4.69, 9.17) is 5.73 Å². The van der Waals surface area contributed by atoms with Gasteiger partial charge in [0.15, 0.2) is 0 Å². The van der Waals surface area contributed by atoms with E-state index in [9.17, 15) is 10.1 Å². The van der Waals surface area contributed by atoms with Crippen molar-refractivity contribution < 1.29 is 4.92 Å². The molecule has 1 aromatic carbocycles. The molecule has 2 N–H and O–H groups in total. The van der Waals surface area contributed by atoms with E-state index in [1.165, 1.54) is 0 Å². The van der Waals surface area contributed by atoms with Crippen molar-refractivity contribution in [3.05, 3.63) is 31.9 Å². The monoisotopic (exact) mass is 361 g/mol. The smallest absolute Gasteiger partial charge is 0.293 e. The lowest BCUT2D eigenvalue weighted by Crippen LogP contribution is -2.28. The number of nitro groups is 1. The van der Waals surface area contributed by atoms with Crippen molar-refractivity contribution in [3.8, 4) is 0 Å². The molecular weight excluding hydrogens is 345 g/mol. The highest BCUT2D eigenvalue weighted by Gasteiger charge is 2.32. The number of nitro benzene ring substituents is 1. The lowest BCUT2D eigenvalue weighted by atomic mass is 10.1. The van der Waals surface area contributed by atoms with Crippen LogP contribution in [0.4, 0.5) is 11.4 Å². The van der Waals surface area contributed by atoms with Crippen LogP contribution in [0.3, 0.4) is 0 Å². The molecule has 1 aliphatic rings. The molecule has 0 bridgehead atoms. The number of halogens is 1. The average molecular weight is 361 g/mol. The Morgan fingerprint density at radius 1 is 1.61 bits per heavy atom. The Bertz CT molecular complexity index is 467. The van der Waals surface area contributed by atoms with Gasteiger partial charge in [0.1, 0.15) is 5.69 Å². The van der Waals surface area contributed by atoms with E-state index >= 15 is 0 Å². The quantitative estimate of drug-likeness (QED) is 0.510. The number of hydrogen-bond donors (Lipinski definition) is 1. The average Bonchev–Trinajstić information content (AvgIpc) is 2.70. The van der Waals surface area contributed by atoms with Crippen LogP contribution in [0.2, 0.25) is 0 Å². The van der Waals surface area contributed by atoms with E-state index in [1.807, 2.05) is 12.1 Å². The maximum atomic E-state index is 11.1. The Hall–Kier alpha value is -0.890. The molecule has 0 spiro atoms. The van der Waals surface area contributed by atoms with Crippen LogP contribution in [0.25, 0.3) is 0 Å². The first-order valence-corrected chi connectivity index (χ1v) is 7.01. The van der Waals surface area contributed by atoms with Crippen LogP contribution in [0, 0.1) is 19.6 Å². The van der Waals surface area contributed by atoms with Gasteiger partial charge in [-0.1, -0.05) is 0 Å². The van der Waals surface area contributed by atoms with E-state index in [-0.39, 0.29) is 10.6 Å². The molecule has 2 unspecified atom stereocenters. The summed E-state index contributed by atoms with van der Waals surface area (Å²) in [5.41, 5.74) is 6.59. The Balaban J connectivity index is 2.36. The molecule has 1 heterocycles. The molecule has 5 nitrogen and oxygen atoms in total. The largest absolute Gasteiger partial charge is 0.363 e. The van der Waals surface area contributed by atoms with Gasteiger partial charge in [0, 0.05) is 22.2 Å². The van der Waals surface area contributed by atoms with Crippen LogP contribution in [-0.2, 0) is 0 Å². The summed E-state index contributed by atoms with van der Waals surface area (Å²) < 4.78 is 0.880. The summed E-state index contributed by atoms with van der Waals surface area (Å²) in [5, 5.41) is 11.1. The molecule has 1 saturated heterocycles. The van der Waals surface area contributed by atoms with Gasteiger partial charge in [-0.3, -0.25) is 10.1 Å². The molecule has 0 amide bonds. The normalized spacial score (nSPS) is 23.4. The lowest BCUT2D eigenvalue weighted by molar-refractivity contribution is -0.384. The second kappa shape index (κ2) is 5.40. The molecule has 18 heavy (non-hydrogen) atoms. The number of nitrogens with zero attached hydrogens (tertiary/aromatic N) is 2. The standard InChI is InChI=1S/C12H16IN3O2/c1-8-4-9(6-14)7-15(8)11-3-2-10(13)5-12(11)16(17)18/h2-3,5,8-9H,4,6-7,14H2,1H3. The number of rotatable bonds is 3. The summed E-state index contributed by atoms with van der Waals surface area (Å²) in [6, 6.07) is 5.68. The van der Waals surface area contributed by atoms with Crippen molar-refractivity contribution >= 4 is 34.0 Å². The molecule has 6 heteroatoms. The van der Waals surface area contributed by atoms with Gasteiger partial charge in [-0.05, 0) is 60.5 Å². The van der Waals surface area contributed by atoms with Gasteiger partial charge >= 0.3 is 0 Å². The fourth-order valence-electron chi connectivity index (χ4n) is 2.53. The maximum Gasteiger partial charge on any atom is 0.293 e. The molecule has 0 aliphatic carbocycles. The van der Waals surface area contributed by atoms with E-state index in [0.717, 1.165) is 16.5 Å². The fourth-order valence-corrected chi connectivity index (χ4v) is 3.01. The highest BCUT2D eigenvalue weighted by Crippen LogP contribution is 2.35. The molecule has 2 rings (SSSR count). The maximum absolute atomic E-state index is 11.1. The second-order valence-corrected chi connectivity index (χ2v) is 5.97. The van der Waals surface area contributed by atoms with Crippen molar-refractivity contribution in [2.45, 2.75) is 19.4 Å². The Morgan fingerprint density at radius 2 is 2.33 bits per heavy atom. The van der Waals surface area contributed by atoms with Gasteiger partial charge in [-0.15, -0.1) is 0 Å². The first kappa shape index (κ1) is 13.5. The molecular formula is C12H16IN3O2. The molecule has 0 aromatic heterocycles. The Kier molecular flexibility index (Phi) is 4.06. The third kappa shape index (κ3) is 2.59. The molecule has 1 aromatic rings. The van der Waals surface area contributed by atoms with Crippen LogP contribution >= 0.6 is 22.6 Å². The predicted molar refractivity (Wildman–Crippen MR) is 79.8 cm³/mol. The van der Waals surface area contributed by atoms with E-state index in [1.54, 1.807) is 6.07 Å². The van der Waals surface area contributed by atoms with Crippen molar-refractivity contribution in [1.82, 2.24) is 0 Å². The number of anilines is 1. The summed E-state index contributed by atoms with van der Waals surface area (Å²) in [6.07, 6.45) is 1.000. The number of nitrogens with two attached hydrogens (primary N) is 1. The van der Waals surface area contributed by atoms with Gasteiger partial charge in [-0.2, -0.15) is 0 Å². The third-order valence-corrected chi connectivity index (χ3v) is 4.11. The van der Waals surface area contributed by atoms with Crippen molar-refractivity contribution in [2.24, 2.45) is 11.7 Å².